The summed E-state index contributed by atoms with van der Waals surface area (Å²) in [5, 5.41) is 13.7. The molecule has 0 radical (unpaired) electrons. The maximum absolute atomic E-state index is 13.7. The lowest BCUT2D eigenvalue weighted by Crippen LogP contribution is -2.38. The molecule has 1 aromatic heterocycles. The van der Waals surface area contributed by atoms with E-state index in [4.69, 9.17) is 0 Å². The molecule has 0 bridgehead atoms. The Morgan fingerprint density at radius 3 is 2.51 bits per heavy atom. The predicted molar refractivity (Wildman–Crippen MR) is 174 cm³/mol. The van der Waals surface area contributed by atoms with Crippen LogP contribution in [0.1, 0.15) is 69.5 Å². The van der Waals surface area contributed by atoms with Gasteiger partial charge in [-0.1, -0.05) is 31.2 Å². The lowest BCUT2D eigenvalue weighted by Gasteiger charge is -2.31. The number of hydrogen-bond acceptors (Lipinski definition) is 6. The number of aliphatic hydroxyl groups is 1. The van der Waals surface area contributed by atoms with E-state index in [0.717, 1.165) is 31.5 Å². The molecule has 4 aromatic rings. The number of aliphatic hydroxyl groups excluding tert-OH is 1. The maximum atomic E-state index is 13.7. The van der Waals surface area contributed by atoms with Gasteiger partial charge in [0.25, 0.3) is 17.4 Å². The minimum atomic E-state index is -0.319. The third-order valence-electron chi connectivity index (χ3n) is 9.31. The van der Waals surface area contributed by atoms with Crippen molar-refractivity contribution in [3.05, 3.63) is 105 Å². The van der Waals surface area contributed by atoms with Gasteiger partial charge in [-0.2, -0.15) is 0 Å². The molecule has 1 aliphatic carbocycles. The van der Waals surface area contributed by atoms with Crippen LogP contribution in [0.2, 0.25) is 0 Å². The number of fused-ring (bicyclic) bond motifs is 1. The van der Waals surface area contributed by atoms with E-state index < -0.39 is 0 Å². The second-order valence-corrected chi connectivity index (χ2v) is 12.6. The van der Waals surface area contributed by atoms with Crippen LogP contribution >= 0.6 is 0 Å². The van der Waals surface area contributed by atoms with Crippen LogP contribution in [0, 0.1) is 5.92 Å². The van der Waals surface area contributed by atoms with Crippen molar-refractivity contribution in [1.82, 2.24) is 14.5 Å². The van der Waals surface area contributed by atoms with Crippen LogP contribution in [-0.4, -0.2) is 51.0 Å². The average Bonchev–Trinajstić information content (AvgIpc) is 3.82. The van der Waals surface area contributed by atoms with Crippen LogP contribution in [0.15, 0.2) is 71.7 Å². The third-order valence-corrected chi connectivity index (χ3v) is 9.31. The maximum Gasteiger partial charge on any atom is 0.293 e. The molecule has 1 saturated carbocycles. The fourth-order valence-corrected chi connectivity index (χ4v) is 6.59. The fraction of sp³-hybridized carbons (Fsp3) is 0.333. The first-order valence-electron chi connectivity index (χ1n) is 15.7. The molecule has 45 heavy (non-hydrogen) atoms. The van der Waals surface area contributed by atoms with E-state index in [1.807, 2.05) is 29.2 Å². The van der Waals surface area contributed by atoms with Gasteiger partial charge in [-0.15, -0.1) is 0 Å². The Morgan fingerprint density at radius 2 is 1.80 bits per heavy atom. The molecule has 1 unspecified atom stereocenters. The average molecular weight is 604 g/mol. The number of benzene rings is 3. The smallest absolute Gasteiger partial charge is 0.293 e. The normalized spacial score (nSPS) is 17.8. The monoisotopic (exact) mass is 603 g/mol. The SMILES string of the molecule is CC1CCN(C(=O)c2ccc(Nc3nc(-c4cccc(N5CCc6cc(C7CC7)ccc6C5=O)c4CO)cn(C)c3=O)cc2)C1. The highest BCUT2D eigenvalue weighted by molar-refractivity contribution is 6.09. The van der Waals surface area contributed by atoms with Gasteiger partial charge in [0.2, 0.25) is 0 Å². The number of amides is 2. The van der Waals surface area contributed by atoms with E-state index in [0.29, 0.717) is 57.7 Å². The number of carbonyl (C=O) groups excluding carboxylic acids is 2. The summed E-state index contributed by atoms with van der Waals surface area (Å²) in [7, 11) is 1.65. The van der Waals surface area contributed by atoms with E-state index in [2.05, 4.69) is 29.4 Å². The highest BCUT2D eigenvalue weighted by atomic mass is 16.3. The Morgan fingerprint density at radius 1 is 1.00 bits per heavy atom. The Bertz CT molecular complexity index is 1860. The Balaban J connectivity index is 1.16. The zero-order chi connectivity index (χ0) is 31.2. The predicted octanol–water partition coefficient (Wildman–Crippen LogP) is 5.25. The quantitative estimate of drug-likeness (QED) is 0.299. The van der Waals surface area contributed by atoms with Crippen molar-refractivity contribution >= 4 is 29.0 Å². The highest BCUT2D eigenvalue weighted by Crippen LogP contribution is 2.41. The van der Waals surface area contributed by atoms with Gasteiger partial charge in [0.15, 0.2) is 5.82 Å². The van der Waals surface area contributed by atoms with Crippen molar-refractivity contribution in [3.63, 3.8) is 0 Å². The summed E-state index contributed by atoms with van der Waals surface area (Å²) >= 11 is 0. The summed E-state index contributed by atoms with van der Waals surface area (Å²) in [5.41, 5.74) is 6.34. The molecule has 9 nitrogen and oxygen atoms in total. The number of hydrogen-bond donors (Lipinski definition) is 2. The van der Waals surface area contributed by atoms with Crippen LogP contribution < -0.4 is 15.8 Å². The second kappa shape index (κ2) is 11.6. The summed E-state index contributed by atoms with van der Waals surface area (Å²) in [6.45, 7) is 3.89. The molecule has 2 N–H and O–H groups in total. The Kier molecular flexibility index (Phi) is 7.49. The summed E-state index contributed by atoms with van der Waals surface area (Å²) in [5.74, 6) is 1.18. The first-order chi connectivity index (χ1) is 21.8. The molecule has 230 valence electrons. The van der Waals surface area contributed by atoms with Gasteiger partial charge < -0.3 is 24.8 Å². The molecule has 1 atom stereocenters. The second-order valence-electron chi connectivity index (χ2n) is 12.6. The van der Waals surface area contributed by atoms with Gasteiger partial charge in [-0.05, 0) is 85.0 Å². The van der Waals surface area contributed by atoms with E-state index >= 15 is 0 Å². The van der Waals surface area contributed by atoms with Crippen LogP contribution in [0.4, 0.5) is 17.2 Å². The number of nitrogens with one attached hydrogen (secondary N) is 1. The molecule has 9 heteroatoms. The van der Waals surface area contributed by atoms with Gasteiger partial charge in [0.05, 0.1) is 18.0 Å². The van der Waals surface area contributed by atoms with E-state index in [-0.39, 0.29) is 29.8 Å². The molecule has 2 fully saturated rings. The van der Waals surface area contributed by atoms with Crippen molar-refractivity contribution in [2.45, 2.75) is 45.1 Å². The zero-order valence-electron chi connectivity index (χ0n) is 25.6. The number of nitrogens with zero attached hydrogens (tertiary/aromatic N) is 4. The number of rotatable bonds is 7. The van der Waals surface area contributed by atoms with Crippen molar-refractivity contribution in [1.29, 1.82) is 0 Å². The van der Waals surface area contributed by atoms with Gasteiger partial charge in [0.1, 0.15) is 0 Å². The van der Waals surface area contributed by atoms with Gasteiger partial charge in [-0.25, -0.2) is 4.98 Å². The standard InChI is InChI=1S/C36H37N5O4/c1-22-14-16-40(19-22)34(43)24-8-11-27(12-9-24)37-33-36(45)39(2)20-31(38-33)29-4-3-5-32(30(29)21-42)41-17-15-26-18-25(23-6-7-23)10-13-28(26)35(41)44/h3-5,8-13,18,20,22-23,42H,6-7,14-17,19,21H2,1-2H3,(H,37,38). The Hall–Kier alpha value is -4.76. The molecular formula is C36H37N5O4. The van der Waals surface area contributed by atoms with Crippen LogP contribution in [0.5, 0.6) is 0 Å². The number of aryl methyl sites for hydroxylation is 1. The first kappa shape index (κ1) is 29.0. The van der Waals surface area contributed by atoms with Crippen LogP contribution in [0.3, 0.4) is 0 Å². The van der Waals surface area contributed by atoms with Crippen molar-refractivity contribution in [2.24, 2.45) is 13.0 Å². The minimum absolute atomic E-state index is 0.0111. The largest absolute Gasteiger partial charge is 0.392 e. The molecular weight excluding hydrogens is 566 g/mol. The van der Waals surface area contributed by atoms with E-state index in [1.54, 1.807) is 42.4 Å². The third kappa shape index (κ3) is 5.53. The van der Waals surface area contributed by atoms with Gasteiger partial charge >= 0.3 is 0 Å². The van der Waals surface area contributed by atoms with Crippen LogP contribution in [0.25, 0.3) is 11.3 Å². The molecule has 7 rings (SSSR count). The molecule has 3 aromatic carbocycles. The minimum Gasteiger partial charge on any atom is -0.392 e. The van der Waals surface area contributed by atoms with Crippen molar-refractivity contribution in [3.8, 4) is 11.3 Å². The highest BCUT2D eigenvalue weighted by Gasteiger charge is 2.31. The Labute approximate surface area is 262 Å². The summed E-state index contributed by atoms with van der Waals surface area (Å²) < 4.78 is 1.45. The molecule has 3 heterocycles. The van der Waals surface area contributed by atoms with Crippen molar-refractivity contribution in [2.75, 3.05) is 29.9 Å². The fourth-order valence-electron chi connectivity index (χ4n) is 6.59. The lowest BCUT2D eigenvalue weighted by molar-refractivity contribution is 0.0788. The lowest BCUT2D eigenvalue weighted by atomic mass is 9.93. The van der Waals surface area contributed by atoms with Crippen molar-refractivity contribution < 1.29 is 14.7 Å². The summed E-state index contributed by atoms with van der Waals surface area (Å²) in [6.07, 6.45) is 5.82. The van der Waals surface area contributed by atoms with E-state index in [1.165, 1.54) is 23.0 Å². The zero-order valence-corrected chi connectivity index (χ0v) is 25.6. The van der Waals surface area contributed by atoms with E-state index in [9.17, 15) is 19.5 Å². The topological polar surface area (TPSA) is 108 Å². The molecule has 0 spiro atoms. The molecule has 2 aliphatic heterocycles. The number of carbonyl (C=O) groups is 2. The molecule has 1 saturated heterocycles. The number of aromatic nitrogens is 2. The van der Waals surface area contributed by atoms with Gasteiger partial charge in [-0.3, -0.25) is 14.4 Å². The molecule has 2 amide bonds. The number of likely N-dealkylation sites (tertiary alicyclic amines) is 1. The first-order valence-corrected chi connectivity index (χ1v) is 15.7. The summed E-state index contributed by atoms with van der Waals surface area (Å²) in [6, 6.07) is 18.8. The molecule has 3 aliphatic rings. The van der Waals surface area contributed by atoms with Gasteiger partial charge in [0, 0.05) is 60.8 Å². The number of anilines is 3. The van der Waals surface area contributed by atoms with Crippen LogP contribution in [-0.2, 0) is 20.1 Å². The summed E-state index contributed by atoms with van der Waals surface area (Å²) in [4.78, 5) is 48.0.